The van der Waals surface area contributed by atoms with Crippen molar-refractivity contribution in [2.45, 2.75) is 25.4 Å². The van der Waals surface area contributed by atoms with Gasteiger partial charge in [0.1, 0.15) is 17.7 Å². The lowest BCUT2D eigenvalue weighted by Gasteiger charge is -2.17. The minimum atomic E-state index is -0.834. The molecular weight excluding hydrogens is 211 g/mol. The summed E-state index contributed by atoms with van der Waals surface area (Å²) in [6, 6.07) is 5.79. The van der Waals surface area contributed by atoms with Gasteiger partial charge in [-0.1, -0.05) is 6.07 Å². The Kier molecular flexibility index (Phi) is 3.08. The predicted octanol–water partition coefficient (Wildman–Crippen LogP) is 2.46. The van der Waals surface area contributed by atoms with E-state index in [1.807, 2.05) is 0 Å². The summed E-state index contributed by atoms with van der Waals surface area (Å²) in [5.41, 5.74) is 0. The van der Waals surface area contributed by atoms with Crippen molar-refractivity contribution in [2.75, 3.05) is 0 Å². The highest BCUT2D eigenvalue weighted by Crippen LogP contribution is 2.30. The summed E-state index contributed by atoms with van der Waals surface area (Å²) >= 11 is 0. The molecule has 1 aromatic carbocycles. The van der Waals surface area contributed by atoms with Gasteiger partial charge in [-0.05, 0) is 31.4 Å². The van der Waals surface area contributed by atoms with E-state index in [1.165, 1.54) is 12.1 Å². The van der Waals surface area contributed by atoms with Gasteiger partial charge in [-0.2, -0.15) is 0 Å². The molecule has 2 atom stereocenters. The molecular formula is C12H13FO3. The molecule has 86 valence electrons. The van der Waals surface area contributed by atoms with Crippen LogP contribution in [0, 0.1) is 11.7 Å². The first-order valence-corrected chi connectivity index (χ1v) is 5.32. The Morgan fingerprint density at radius 1 is 1.44 bits per heavy atom. The van der Waals surface area contributed by atoms with Crippen molar-refractivity contribution in [3.63, 3.8) is 0 Å². The Labute approximate surface area is 92.9 Å². The van der Waals surface area contributed by atoms with Gasteiger partial charge in [0.15, 0.2) is 0 Å². The molecule has 2 rings (SSSR count). The fraction of sp³-hybridized carbons (Fsp3) is 0.417. The summed E-state index contributed by atoms with van der Waals surface area (Å²) in [6.45, 7) is 0. The van der Waals surface area contributed by atoms with Crippen molar-refractivity contribution in [1.29, 1.82) is 0 Å². The van der Waals surface area contributed by atoms with Crippen LogP contribution in [0.15, 0.2) is 24.3 Å². The third kappa shape index (κ3) is 2.32. The first-order chi connectivity index (χ1) is 7.66. The number of aliphatic carboxylic acids is 1. The van der Waals surface area contributed by atoms with Gasteiger partial charge >= 0.3 is 5.97 Å². The zero-order valence-electron chi connectivity index (χ0n) is 8.73. The number of benzene rings is 1. The molecule has 0 saturated heterocycles. The Morgan fingerprint density at radius 3 is 2.94 bits per heavy atom. The minimum Gasteiger partial charge on any atom is -0.489 e. The van der Waals surface area contributed by atoms with E-state index in [-0.39, 0.29) is 11.9 Å². The summed E-state index contributed by atoms with van der Waals surface area (Å²) < 4.78 is 18.4. The highest BCUT2D eigenvalue weighted by molar-refractivity contribution is 5.71. The maximum Gasteiger partial charge on any atom is 0.310 e. The van der Waals surface area contributed by atoms with E-state index in [2.05, 4.69) is 0 Å². The van der Waals surface area contributed by atoms with Gasteiger partial charge in [0, 0.05) is 6.07 Å². The number of rotatable bonds is 3. The molecule has 1 N–H and O–H groups in total. The van der Waals surface area contributed by atoms with Crippen LogP contribution in [0.3, 0.4) is 0 Å². The number of hydrogen-bond donors (Lipinski definition) is 1. The second-order valence-corrected chi connectivity index (χ2v) is 3.99. The molecule has 1 aliphatic rings. The molecule has 1 fully saturated rings. The summed E-state index contributed by atoms with van der Waals surface area (Å²) in [6.07, 6.45) is 1.86. The number of carboxylic acids is 1. The monoisotopic (exact) mass is 224 g/mol. The molecule has 16 heavy (non-hydrogen) atoms. The van der Waals surface area contributed by atoms with Gasteiger partial charge in [0.2, 0.25) is 0 Å². The Hall–Kier alpha value is -1.58. The summed E-state index contributed by atoms with van der Waals surface area (Å²) in [7, 11) is 0. The smallest absolute Gasteiger partial charge is 0.310 e. The van der Waals surface area contributed by atoms with Crippen molar-refractivity contribution in [1.82, 2.24) is 0 Å². The Morgan fingerprint density at radius 2 is 2.25 bits per heavy atom. The fourth-order valence-corrected chi connectivity index (χ4v) is 2.06. The summed E-state index contributed by atoms with van der Waals surface area (Å²) in [5.74, 6) is -1.28. The van der Waals surface area contributed by atoms with Crippen LogP contribution in [-0.4, -0.2) is 17.2 Å². The zero-order chi connectivity index (χ0) is 11.5. The molecule has 3 nitrogen and oxygen atoms in total. The standard InChI is InChI=1S/C12H13FO3/c13-8-3-1-4-9(7-8)16-11-6-2-5-10(11)12(14)15/h1,3-4,7,10-11H,2,5-6H2,(H,14,15). The van der Waals surface area contributed by atoms with Crippen LogP contribution in [0.4, 0.5) is 4.39 Å². The van der Waals surface area contributed by atoms with Crippen molar-refractivity contribution in [3.05, 3.63) is 30.1 Å². The fourth-order valence-electron chi connectivity index (χ4n) is 2.06. The van der Waals surface area contributed by atoms with E-state index in [9.17, 15) is 9.18 Å². The number of halogens is 1. The molecule has 0 spiro atoms. The van der Waals surface area contributed by atoms with Gasteiger partial charge < -0.3 is 9.84 Å². The first kappa shape index (κ1) is 10.9. The normalized spacial score (nSPS) is 24.3. The van der Waals surface area contributed by atoms with Gasteiger partial charge in [-0.15, -0.1) is 0 Å². The Bertz CT molecular complexity index is 392. The Balaban J connectivity index is 2.06. The van der Waals surface area contributed by atoms with E-state index < -0.39 is 11.9 Å². The van der Waals surface area contributed by atoms with Crippen LogP contribution in [-0.2, 0) is 4.79 Å². The second-order valence-electron chi connectivity index (χ2n) is 3.99. The van der Waals surface area contributed by atoms with E-state index >= 15 is 0 Å². The third-order valence-corrected chi connectivity index (χ3v) is 2.85. The summed E-state index contributed by atoms with van der Waals surface area (Å²) in [4.78, 5) is 10.9. The van der Waals surface area contributed by atoms with E-state index in [1.54, 1.807) is 12.1 Å². The maximum absolute atomic E-state index is 12.9. The van der Waals surface area contributed by atoms with Crippen LogP contribution in [0.2, 0.25) is 0 Å². The lowest BCUT2D eigenvalue weighted by atomic mass is 10.1. The number of carbonyl (C=O) groups is 1. The molecule has 2 unspecified atom stereocenters. The van der Waals surface area contributed by atoms with E-state index in [0.717, 1.165) is 6.42 Å². The van der Waals surface area contributed by atoms with Crippen LogP contribution < -0.4 is 4.74 Å². The molecule has 0 amide bonds. The van der Waals surface area contributed by atoms with Crippen LogP contribution in [0.1, 0.15) is 19.3 Å². The zero-order valence-corrected chi connectivity index (χ0v) is 8.73. The number of carboxylic acid groups (broad SMARTS) is 1. The third-order valence-electron chi connectivity index (χ3n) is 2.85. The molecule has 1 aliphatic carbocycles. The predicted molar refractivity (Wildman–Crippen MR) is 55.8 cm³/mol. The molecule has 0 aliphatic heterocycles. The lowest BCUT2D eigenvalue weighted by molar-refractivity contribution is -0.143. The van der Waals surface area contributed by atoms with Crippen LogP contribution >= 0.6 is 0 Å². The van der Waals surface area contributed by atoms with Crippen LogP contribution in [0.25, 0.3) is 0 Å². The summed E-state index contributed by atoms with van der Waals surface area (Å²) in [5, 5.41) is 8.96. The topological polar surface area (TPSA) is 46.5 Å². The highest BCUT2D eigenvalue weighted by atomic mass is 19.1. The SMILES string of the molecule is O=C(O)C1CCCC1Oc1cccc(F)c1. The number of hydrogen-bond acceptors (Lipinski definition) is 2. The molecule has 0 bridgehead atoms. The van der Waals surface area contributed by atoms with E-state index in [4.69, 9.17) is 9.84 Å². The highest BCUT2D eigenvalue weighted by Gasteiger charge is 2.34. The molecule has 0 radical (unpaired) electrons. The van der Waals surface area contributed by atoms with Crippen molar-refractivity contribution in [2.24, 2.45) is 5.92 Å². The van der Waals surface area contributed by atoms with Gasteiger partial charge in [0.25, 0.3) is 0 Å². The minimum absolute atomic E-state index is 0.334. The average Bonchev–Trinajstić information content (AvgIpc) is 2.66. The molecule has 1 saturated carbocycles. The lowest BCUT2D eigenvalue weighted by Crippen LogP contribution is -2.27. The second kappa shape index (κ2) is 4.51. The quantitative estimate of drug-likeness (QED) is 0.857. The van der Waals surface area contributed by atoms with Gasteiger partial charge in [0.05, 0.1) is 5.92 Å². The molecule has 0 aromatic heterocycles. The molecule has 0 heterocycles. The maximum atomic E-state index is 12.9. The van der Waals surface area contributed by atoms with E-state index in [0.29, 0.717) is 18.6 Å². The van der Waals surface area contributed by atoms with Crippen molar-refractivity contribution >= 4 is 5.97 Å². The number of ether oxygens (including phenoxy) is 1. The largest absolute Gasteiger partial charge is 0.489 e. The van der Waals surface area contributed by atoms with Gasteiger partial charge in [-0.3, -0.25) is 4.79 Å². The van der Waals surface area contributed by atoms with Crippen molar-refractivity contribution in [3.8, 4) is 5.75 Å². The van der Waals surface area contributed by atoms with Crippen molar-refractivity contribution < 1.29 is 19.0 Å². The average molecular weight is 224 g/mol. The molecule has 1 aromatic rings. The van der Waals surface area contributed by atoms with Gasteiger partial charge in [-0.25, -0.2) is 4.39 Å². The molecule has 4 heteroatoms. The van der Waals surface area contributed by atoms with Crippen LogP contribution in [0.5, 0.6) is 5.75 Å². The first-order valence-electron chi connectivity index (χ1n) is 5.32.